The molecule has 1 aromatic heterocycles. The first kappa shape index (κ1) is 14.0. The molecule has 1 atom stereocenters. The van der Waals surface area contributed by atoms with Crippen LogP contribution in [-0.2, 0) is 13.5 Å². The van der Waals surface area contributed by atoms with Crippen LogP contribution in [0.15, 0.2) is 25.0 Å². The summed E-state index contributed by atoms with van der Waals surface area (Å²) in [5.74, 6) is 0. The molecule has 0 bridgehead atoms. The summed E-state index contributed by atoms with van der Waals surface area (Å²) in [5, 5.41) is 7.67. The molecular weight excluding hydrogens is 210 g/mol. The van der Waals surface area contributed by atoms with E-state index >= 15 is 0 Å². The largest absolute Gasteiger partial charge is 0.316 e. The van der Waals surface area contributed by atoms with Gasteiger partial charge in [-0.2, -0.15) is 5.10 Å². The molecule has 0 aliphatic rings. The molecule has 0 aromatic carbocycles. The zero-order valence-corrected chi connectivity index (χ0v) is 11.4. The van der Waals surface area contributed by atoms with Crippen LogP contribution in [0.4, 0.5) is 0 Å². The van der Waals surface area contributed by atoms with Crippen molar-refractivity contribution in [2.75, 3.05) is 13.1 Å². The van der Waals surface area contributed by atoms with Gasteiger partial charge in [0.25, 0.3) is 0 Å². The fourth-order valence-corrected chi connectivity index (χ4v) is 1.84. The smallest absolute Gasteiger partial charge is 0.0521 e. The van der Waals surface area contributed by atoms with Gasteiger partial charge in [-0.3, -0.25) is 4.68 Å². The van der Waals surface area contributed by atoms with Crippen molar-refractivity contribution in [1.82, 2.24) is 15.1 Å². The van der Waals surface area contributed by atoms with E-state index in [1.807, 2.05) is 17.9 Å². The number of rotatable bonds is 8. The van der Waals surface area contributed by atoms with E-state index in [1.54, 1.807) is 0 Å². The molecule has 0 saturated carbocycles. The third-order valence-corrected chi connectivity index (χ3v) is 3.19. The lowest BCUT2D eigenvalue weighted by molar-refractivity contribution is 0.365. The molecule has 3 nitrogen and oxygen atoms in total. The first-order valence-electron chi connectivity index (χ1n) is 6.41. The molecule has 0 radical (unpaired) electrons. The van der Waals surface area contributed by atoms with Gasteiger partial charge < -0.3 is 5.32 Å². The maximum Gasteiger partial charge on any atom is 0.0521 e. The Morgan fingerprint density at radius 1 is 1.59 bits per heavy atom. The molecule has 0 amide bonds. The van der Waals surface area contributed by atoms with Crippen molar-refractivity contribution in [3.8, 4) is 0 Å². The Bertz CT molecular complexity index is 343. The Kier molecular flexibility index (Phi) is 5.42. The second kappa shape index (κ2) is 6.60. The quantitative estimate of drug-likeness (QED) is 0.554. The monoisotopic (exact) mass is 235 g/mol. The van der Waals surface area contributed by atoms with Crippen LogP contribution in [0.5, 0.6) is 0 Å². The van der Waals surface area contributed by atoms with E-state index < -0.39 is 0 Å². The lowest BCUT2D eigenvalue weighted by Crippen LogP contribution is -2.31. The van der Waals surface area contributed by atoms with Gasteiger partial charge in [-0.25, -0.2) is 0 Å². The molecule has 0 aliphatic heterocycles. The van der Waals surface area contributed by atoms with Crippen LogP contribution < -0.4 is 5.32 Å². The van der Waals surface area contributed by atoms with Gasteiger partial charge in [0, 0.05) is 19.8 Å². The van der Waals surface area contributed by atoms with Crippen molar-refractivity contribution in [3.63, 3.8) is 0 Å². The van der Waals surface area contributed by atoms with Gasteiger partial charge in [0.1, 0.15) is 0 Å². The molecule has 1 unspecified atom stereocenters. The maximum absolute atomic E-state index is 4.19. The molecule has 1 N–H and O–H groups in total. The average molecular weight is 235 g/mol. The summed E-state index contributed by atoms with van der Waals surface area (Å²) in [6, 6.07) is 0. The van der Waals surface area contributed by atoms with Crippen LogP contribution >= 0.6 is 0 Å². The molecule has 0 fully saturated rings. The predicted molar refractivity (Wildman–Crippen MR) is 73.0 cm³/mol. The first-order chi connectivity index (χ1) is 8.09. The second-order valence-electron chi connectivity index (χ2n) is 5.06. The number of aryl methyl sites for hydroxylation is 2. The number of hydrogen-bond donors (Lipinski definition) is 1. The van der Waals surface area contributed by atoms with E-state index in [9.17, 15) is 0 Å². The minimum absolute atomic E-state index is 0.172. The Morgan fingerprint density at radius 2 is 2.35 bits per heavy atom. The fourth-order valence-electron chi connectivity index (χ4n) is 1.84. The van der Waals surface area contributed by atoms with Gasteiger partial charge in [-0.05, 0) is 36.8 Å². The summed E-state index contributed by atoms with van der Waals surface area (Å²) >= 11 is 0. The highest BCUT2D eigenvalue weighted by molar-refractivity contribution is 5.06. The highest BCUT2D eigenvalue weighted by Crippen LogP contribution is 2.24. The van der Waals surface area contributed by atoms with E-state index in [2.05, 4.69) is 43.1 Å². The normalized spacial score (nSPS) is 14.5. The summed E-state index contributed by atoms with van der Waals surface area (Å²) in [5.41, 5.74) is 1.47. The van der Waals surface area contributed by atoms with Crippen molar-refractivity contribution in [2.24, 2.45) is 12.5 Å². The van der Waals surface area contributed by atoms with Crippen LogP contribution in [-0.4, -0.2) is 22.9 Å². The molecule has 1 rings (SSSR count). The summed E-state index contributed by atoms with van der Waals surface area (Å²) < 4.78 is 1.86. The number of aromatic nitrogens is 2. The molecule has 0 aliphatic carbocycles. The Hall–Kier alpha value is -1.09. The topological polar surface area (TPSA) is 29.9 Å². The molecule has 0 saturated heterocycles. The van der Waals surface area contributed by atoms with Gasteiger partial charge in [0.2, 0.25) is 0 Å². The Labute approximate surface area is 105 Å². The van der Waals surface area contributed by atoms with E-state index in [4.69, 9.17) is 0 Å². The van der Waals surface area contributed by atoms with Gasteiger partial charge in [-0.15, -0.1) is 6.58 Å². The van der Waals surface area contributed by atoms with Gasteiger partial charge in [0.15, 0.2) is 0 Å². The van der Waals surface area contributed by atoms with Crippen molar-refractivity contribution in [1.29, 1.82) is 0 Å². The number of nitrogens with zero attached hydrogens (tertiary/aromatic N) is 2. The predicted octanol–water partition coefficient (Wildman–Crippen LogP) is 2.54. The zero-order valence-electron chi connectivity index (χ0n) is 11.4. The zero-order chi connectivity index (χ0) is 12.7. The van der Waals surface area contributed by atoms with Crippen molar-refractivity contribution < 1.29 is 0 Å². The van der Waals surface area contributed by atoms with Gasteiger partial charge >= 0.3 is 0 Å². The summed E-state index contributed by atoms with van der Waals surface area (Å²) in [6.07, 6.45) is 9.46. The molecule has 0 spiro atoms. The molecule has 17 heavy (non-hydrogen) atoms. The summed E-state index contributed by atoms with van der Waals surface area (Å²) in [7, 11) is 1.96. The van der Waals surface area contributed by atoms with E-state index in [1.165, 1.54) is 12.0 Å². The van der Waals surface area contributed by atoms with Crippen LogP contribution in [0.2, 0.25) is 0 Å². The minimum Gasteiger partial charge on any atom is -0.316 e. The first-order valence-corrected chi connectivity index (χ1v) is 6.41. The van der Waals surface area contributed by atoms with Crippen LogP contribution in [0.25, 0.3) is 0 Å². The highest BCUT2D eigenvalue weighted by Gasteiger charge is 2.19. The standard InChI is InChI=1S/C14H25N3/c1-5-9-15-12-14(3,6-2)8-7-13-10-16-17(4)11-13/h6,10-11,15H,2,5,7-9,12H2,1,3-4H3. The molecule has 1 aromatic rings. The summed E-state index contributed by atoms with van der Waals surface area (Å²) in [6.45, 7) is 10.5. The van der Waals surface area contributed by atoms with Gasteiger partial charge in [-0.1, -0.05) is 19.9 Å². The molecule has 96 valence electrons. The SMILES string of the molecule is C=CC(C)(CCc1cnn(C)c1)CNCCC. The maximum atomic E-state index is 4.19. The van der Waals surface area contributed by atoms with E-state index in [-0.39, 0.29) is 5.41 Å². The Morgan fingerprint density at radius 3 is 2.88 bits per heavy atom. The highest BCUT2D eigenvalue weighted by atomic mass is 15.2. The van der Waals surface area contributed by atoms with E-state index in [0.717, 1.165) is 25.9 Å². The fraction of sp³-hybridized carbons (Fsp3) is 0.643. The molecular formula is C14H25N3. The van der Waals surface area contributed by atoms with Gasteiger partial charge in [0.05, 0.1) is 6.20 Å². The average Bonchev–Trinajstić information content (AvgIpc) is 2.73. The van der Waals surface area contributed by atoms with Crippen molar-refractivity contribution in [2.45, 2.75) is 33.1 Å². The molecule has 1 heterocycles. The lowest BCUT2D eigenvalue weighted by atomic mass is 9.84. The van der Waals surface area contributed by atoms with E-state index in [0.29, 0.717) is 0 Å². The second-order valence-corrected chi connectivity index (χ2v) is 5.06. The third kappa shape index (κ3) is 4.73. The Balaban J connectivity index is 2.42. The minimum atomic E-state index is 0.172. The van der Waals surface area contributed by atoms with Crippen LogP contribution in [0.3, 0.4) is 0 Å². The molecule has 3 heteroatoms. The van der Waals surface area contributed by atoms with Crippen LogP contribution in [0.1, 0.15) is 32.3 Å². The number of nitrogens with one attached hydrogen (secondary N) is 1. The van der Waals surface area contributed by atoms with Crippen molar-refractivity contribution >= 4 is 0 Å². The summed E-state index contributed by atoms with van der Waals surface area (Å²) in [4.78, 5) is 0. The van der Waals surface area contributed by atoms with Crippen molar-refractivity contribution in [3.05, 3.63) is 30.6 Å². The lowest BCUT2D eigenvalue weighted by Gasteiger charge is -2.26. The number of hydrogen-bond acceptors (Lipinski definition) is 2. The third-order valence-electron chi connectivity index (χ3n) is 3.19. The van der Waals surface area contributed by atoms with Crippen LogP contribution in [0, 0.1) is 5.41 Å².